The van der Waals surface area contributed by atoms with E-state index in [0.717, 1.165) is 12.8 Å². The number of halogens is 1. The predicted molar refractivity (Wildman–Crippen MR) is 91.5 cm³/mol. The van der Waals surface area contributed by atoms with Gasteiger partial charge in [0.05, 0.1) is 0 Å². The normalized spacial score (nSPS) is 15.1. The van der Waals surface area contributed by atoms with E-state index in [-0.39, 0.29) is 24.2 Å². The molecule has 1 fully saturated rings. The predicted octanol–water partition coefficient (Wildman–Crippen LogP) is 2.53. The van der Waals surface area contributed by atoms with E-state index in [4.69, 9.17) is 9.26 Å². The van der Waals surface area contributed by atoms with E-state index in [1.165, 1.54) is 12.1 Å². The molecule has 1 aliphatic heterocycles. The topological polar surface area (TPSA) is 97.1 Å². The Kier molecular flexibility index (Phi) is 4.82. The first-order chi connectivity index (χ1) is 13.2. The summed E-state index contributed by atoms with van der Waals surface area (Å²) in [6, 6.07) is 7.40. The molecule has 8 nitrogen and oxygen atoms in total. The second-order valence-electron chi connectivity index (χ2n) is 6.33. The number of nitrogens with one attached hydrogen (secondary N) is 1. The Morgan fingerprint density at radius 1 is 1.26 bits per heavy atom. The summed E-state index contributed by atoms with van der Waals surface area (Å²) < 4.78 is 23.6. The minimum atomic E-state index is -0.320. The molecule has 4 rings (SSSR count). The van der Waals surface area contributed by atoms with Crippen molar-refractivity contribution in [2.45, 2.75) is 25.4 Å². The number of amides is 1. The maximum absolute atomic E-state index is 12.9. The lowest BCUT2D eigenvalue weighted by Gasteiger charge is -2.30. The molecule has 0 unspecified atom stereocenters. The second kappa shape index (κ2) is 7.56. The van der Waals surface area contributed by atoms with Crippen LogP contribution in [0.1, 0.15) is 41.0 Å². The molecule has 1 N–H and O–H groups in total. The molecule has 3 aromatic rings. The smallest absolute Gasteiger partial charge is 0.271 e. The number of piperidine rings is 1. The highest BCUT2D eigenvalue weighted by Crippen LogP contribution is 2.26. The molecular weight excluding hydrogens is 353 g/mol. The molecule has 0 aliphatic carbocycles. The van der Waals surface area contributed by atoms with Crippen molar-refractivity contribution in [2.24, 2.45) is 0 Å². The summed E-state index contributed by atoms with van der Waals surface area (Å²) in [6.07, 6.45) is 3.09. The number of aromatic amines is 1. The summed E-state index contributed by atoms with van der Waals surface area (Å²) in [5.41, 5.74) is 0.494. The lowest BCUT2D eigenvalue weighted by atomic mass is 9.96. The highest BCUT2D eigenvalue weighted by atomic mass is 19.1. The molecule has 1 amide bonds. The molecule has 1 saturated heterocycles. The lowest BCUT2D eigenvalue weighted by molar-refractivity contribution is 0.0704. The van der Waals surface area contributed by atoms with Gasteiger partial charge in [-0.1, -0.05) is 5.16 Å². The van der Waals surface area contributed by atoms with Crippen LogP contribution in [0.3, 0.4) is 0 Å². The van der Waals surface area contributed by atoms with E-state index in [1.54, 1.807) is 29.3 Å². The van der Waals surface area contributed by atoms with Crippen LogP contribution < -0.4 is 4.74 Å². The summed E-state index contributed by atoms with van der Waals surface area (Å²) in [7, 11) is 0. The Balaban J connectivity index is 1.30. The van der Waals surface area contributed by atoms with E-state index < -0.39 is 0 Å². The van der Waals surface area contributed by atoms with Crippen LogP contribution in [0.25, 0.3) is 0 Å². The van der Waals surface area contributed by atoms with Gasteiger partial charge in [0.15, 0.2) is 12.4 Å². The van der Waals surface area contributed by atoms with Crippen LogP contribution in [0.4, 0.5) is 4.39 Å². The van der Waals surface area contributed by atoms with Crippen LogP contribution in [-0.4, -0.2) is 44.2 Å². The third kappa shape index (κ3) is 3.97. The van der Waals surface area contributed by atoms with Crippen LogP contribution in [0, 0.1) is 5.82 Å². The average Bonchev–Trinajstić information content (AvgIpc) is 3.39. The zero-order chi connectivity index (χ0) is 18.6. The van der Waals surface area contributed by atoms with Gasteiger partial charge in [-0.25, -0.2) is 4.39 Å². The number of aromatic nitrogens is 4. The van der Waals surface area contributed by atoms with Crippen molar-refractivity contribution in [1.29, 1.82) is 0 Å². The van der Waals surface area contributed by atoms with Crippen LogP contribution in [-0.2, 0) is 6.61 Å². The Morgan fingerprint density at radius 3 is 2.74 bits per heavy atom. The molecule has 0 atom stereocenters. The molecule has 0 saturated carbocycles. The third-order valence-electron chi connectivity index (χ3n) is 4.54. The van der Waals surface area contributed by atoms with Gasteiger partial charge in [0.25, 0.3) is 11.8 Å². The zero-order valence-corrected chi connectivity index (χ0v) is 14.5. The Bertz CT molecular complexity index is 886. The average molecular weight is 371 g/mol. The number of carbonyl (C=O) groups is 1. The van der Waals surface area contributed by atoms with Crippen molar-refractivity contribution < 1.29 is 18.4 Å². The zero-order valence-electron chi connectivity index (χ0n) is 14.5. The number of nitrogens with zero attached hydrogens (tertiary/aromatic N) is 4. The van der Waals surface area contributed by atoms with Crippen LogP contribution in [0.2, 0.25) is 0 Å². The van der Waals surface area contributed by atoms with E-state index in [0.29, 0.717) is 36.2 Å². The van der Waals surface area contributed by atoms with Crippen LogP contribution in [0.5, 0.6) is 5.75 Å². The summed E-state index contributed by atoms with van der Waals surface area (Å²) in [4.78, 5) is 18.5. The van der Waals surface area contributed by atoms with E-state index >= 15 is 0 Å². The van der Waals surface area contributed by atoms with Gasteiger partial charge in [0.1, 0.15) is 17.3 Å². The SMILES string of the molecule is O=C(c1ccn[nH]1)N1CCC(c2noc(COc3ccc(F)cc3)n2)CC1. The van der Waals surface area contributed by atoms with Gasteiger partial charge in [-0.3, -0.25) is 9.89 Å². The molecular formula is C18H18FN5O3. The number of hydrogen-bond acceptors (Lipinski definition) is 6. The molecule has 0 spiro atoms. The maximum Gasteiger partial charge on any atom is 0.271 e. The van der Waals surface area contributed by atoms with Crippen molar-refractivity contribution in [3.63, 3.8) is 0 Å². The van der Waals surface area contributed by atoms with Crippen molar-refractivity contribution in [1.82, 2.24) is 25.2 Å². The largest absolute Gasteiger partial charge is 0.484 e. The molecule has 9 heteroatoms. The number of rotatable bonds is 5. The summed E-state index contributed by atoms with van der Waals surface area (Å²) in [6.45, 7) is 1.37. The van der Waals surface area contributed by atoms with E-state index in [9.17, 15) is 9.18 Å². The fourth-order valence-corrected chi connectivity index (χ4v) is 3.05. The lowest BCUT2D eigenvalue weighted by Crippen LogP contribution is -2.38. The van der Waals surface area contributed by atoms with Gasteiger partial charge in [0.2, 0.25) is 0 Å². The Morgan fingerprint density at radius 2 is 2.04 bits per heavy atom. The van der Waals surface area contributed by atoms with Gasteiger partial charge in [-0.15, -0.1) is 0 Å². The number of likely N-dealkylation sites (tertiary alicyclic amines) is 1. The number of benzene rings is 1. The fourth-order valence-electron chi connectivity index (χ4n) is 3.05. The minimum absolute atomic E-state index is 0.0487. The van der Waals surface area contributed by atoms with Gasteiger partial charge < -0.3 is 14.2 Å². The minimum Gasteiger partial charge on any atom is -0.484 e. The standard InChI is InChI=1S/C18H18FN5O3/c19-13-1-3-14(4-2-13)26-11-16-21-17(23-27-16)12-6-9-24(10-7-12)18(25)15-5-8-20-22-15/h1-5,8,12H,6-7,9-11H2,(H,20,22). The van der Waals surface area contributed by atoms with Gasteiger partial charge >= 0.3 is 0 Å². The molecule has 3 heterocycles. The monoisotopic (exact) mass is 371 g/mol. The Labute approximate surface area is 154 Å². The summed E-state index contributed by atoms with van der Waals surface area (Å²) >= 11 is 0. The number of ether oxygens (including phenoxy) is 1. The van der Waals surface area contributed by atoms with E-state index in [2.05, 4.69) is 20.3 Å². The Hall–Kier alpha value is -3.23. The van der Waals surface area contributed by atoms with Crippen molar-refractivity contribution >= 4 is 5.91 Å². The number of hydrogen-bond donors (Lipinski definition) is 1. The molecule has 0 bridgehead atoms. The fraction of sp³-hybridized carbons (Fsp3) is 0.333. The van der Waals surface area contributed by atoms with Crippen molar-refractivity contribution in [3.8, 4) is 5.75 Å². The van der Waals surface area contributed by atoms with Crippen LogP contribution >= 0.6 is 0 Å². The van der Waals surface area contributed by atoms with Gasteiger partial charge in [-0.2, -0.15) is 10.1 Å². The first-order valence-corrected chi connectivity index (χ1v) is 8.68. The van der Waals surface area contributed by atoms with E-state index in [1.807, 2.05) is 0 Å². The molecule has 27 heavy (non-hydrogen) atoms. The molecule has 0 radical (unpaired) electrons. The highest BCUT2D eigenvalue weighted by molar-refractivity contribution is 5.92. The molecule has 1 aromatic carbocycles. The quantitative estimate of drug-likeness (QED) is 0.740. The summed E-state index contributed by atoms with van der Waals surface area (Å²) in [5.74, 6) is 1.29. The number of carbonyl (C=O) groups excluding carboxylic acids is 1. The molecule has 1 aliphatic rings. The summed E-state index contributed by atoms with van der Waals surface area (Å²) in [5, 5.41) is 10.5. The highest BCUT2D eigenvalue weighted by Gasteiger charge is 2.28. The maximum atomic E-state index is 12.9. The number of H-pyrrole nitrogens is 1. The molecule has 2 aromatic heterocycles. The van der Waals surface area contributed by atoms with Crippen molar-refractivity contribution in [3.05, 3.63) is 59.8 Å². The van der Waals surface area contributed by atoms with Gasteiger partial charge in [-0.05, 0) is 43.2 Å². The third-order valence-corrected chi connectivity index (χ3v) is 4.54. The first-order valence-electron chi connectivity index (χ1n) is 8.68. The first kappa shape index (κ1) is 17.2. The molecule has 140 valence electrons. The van der Waals surface area contributed by atoms with Gasteiger partial charge in [0, 0.05) is 25.2 Å². The van der Waals surface area contributed by atoms with Crippen molar-refractivity contribution in [2.75, 3.05) is 13.1 Å². The second-order valence-corrected chi connectivity index (χ2v) is 6.33. The van der Waals surface area contributed by atoms with Crippen LogP contribution in [0.15, 0.2) is 41.1 Å².